The standard InChI is InChI=1S/C35H24/c1-3-7-30-22(5-1)9-11-24-13-17-28-26(15-19-32(28)34(24)30)21-27-16-20-33-29(27)18-14-25-12-10-23-6-2-4-8-31(23)35(25)33/h1-12,15-20H,13-14,21H2. The molecule has 0 aromatic heterocycles. The van der Waals surface area contributed by atoms with E-state index in [2.05, 4.69) is 109 Å². The van der Waals surface area contributed by atoms with Gasteiger partial charge in [-0.05, 0) is 96.5 Å². The molecule has 164 valence electrons. The first-order valence-electron chi connectivity index (χ1n) is 12.6. The van der Waals surface area contributed by atoms with Crippen LogP contribution < -0.4 is 0 Å². The van der Waals surface area contributed by atoms with Crippen LogP contribution in [-0.2, 0) is 12.8 Å². The van der Waals surface area contributed by atoms with Crippen LogP contribution in [0, 0.1) is 0 Å². The lowest BCUT2D eigenvalue weighted by Crippen LogP contribution is -2.05. The molecular weight excluding hydrogens is 420 g/mol. The van der Waals surface area contributed by atoms with E-state index < -0.39 is 0 Å². The van der Waals surface area contributed by atoms with Crippen molar-refractivity contribution in [1.29, 1.82) is 0 Å². The number of benzene rings is 4. The molecular formula is C35H24. The normalized spacial score (nSPS) is 17.5. The maximum atomic E-state index is 2.45. The maximum Gasteiger partial charge on any atom is -0.00137 e. The van der Waals surface area contributed by atoms with Crippen LogP contribution in [0.3, 0.4) is 0 Å². The van der Waals surface area contributed by atoms with Crippen LogP contribution in [0.5, 0.6) is 0 Å². The van der Waals surface area contributed by atoms with Crippen molar-refractivity contribution in [2.24, 2.45) is 0 Å². The highest BCUT2D eigenvalue weighted by molar-refractivity contribution is 6.05. The van der Waals surface area contributed by atoms with Gasteiger partial charge in [-0.25, -0.2) is 0 Å². The first kappa shape index (κ1) is 19.2. The molecule has 0 bridgehead atoms. The van der Waals surface area contributed by atoms with Gasteiger partial charge in [0.25, 0.3) is 0 Å². The average molecular weight is 445 g/mol. The number of hydrogen-bond acceptors (Lipinski definition) is 0. The maximum absolute atomic E-state index is 2.45. The van der Waals surface area contributed by atoms with Crippen molar-refractivity contribution in [1.82, 2.24) is 0 Å². The summed E-state index contributed by atoms with van der Waals surface area (Å²) < 4.78 is 0. The summed E-state index contributed by atoms with van der Waals surface area (Å²) in [5, 5.41) is 5.40. The molecule has 0 unspecified atom stereocenters. The highest BCUT2D eigenvalue weighted by Crippen LogP contribution is 2.48. The predicted octanol–water partition coefficient (Wildman–Crippen LogP) is 8.70. The summed E-state index contributed by atoms with van der Waals surface area (Å²) in [6, 6.07) is 26.8. The van der Waals surface area contributed by atoms with Crippen molar-refractivity contribution in [3.8, 4) is 0 Å². The zero-order valence-electron chi connectivity index (χ0n) is 19.5. The fraction of sp³-hybridized carbons (Fsp3) is 0.0857. The van der Waals surface area contributed by atoms with Gasteiger partial charge < -0.3 is 0 Å². The Balaban J connectivity index is 1.12. The van der Waals surface area contributed by atoms with E-state index in [1.165, 1.54) is 77.2 Å². The second-order valence-corrected chi connectivity index (χ2v) is 10.0. The lowest BCUT2D eigenvalue weighted by molar-refractivity contribution is 1.12. The van der Waals surface area contributed by atoms with E-state index in [9.17, 15) is 0 Å². The van der Waals surface area contributed by atoms with Crippen molar-refractivity contribution < 1.29 is 0 Å². The fourth-order valence-corrected chi connectivity index (χ4v) is 6.54. The molecule has 0 heteroatoms. The predicted molar refractivity (Wildman–Crippen MR) is 148 cm³/mol. The third-order valence-electron chi connectivity index (χ3n) is 8.18. The molecule has 0 saturated heterocycles. The fourth-order valence-electron chi connectivity index (χ4n) is 6.54. The summed E-state index contributed by atoms with van der Waals surface area (Å²) in [6.07, 6.45) is 17.3. The molecule has 0 fully saturated rings. The Kier molecular flexibility index (Phi) is 3.93. The van der Waals surface area contributed by atoms with Crippen LogP contribution >= 0.6 is 0 Å². The molecule has 0 amide bonds. The largest absolute Gasteiger partial charge is 0.0719 e. The van der Waals surface area contributed by atoms with Gasteiger partial charge in [-0.3, -0.25) is 0 Å². The Hall–Kier alpha value is -4.16. The van der Waals surface area contributed by atoms with Gasteiger partial charge in [0.1, 0.15) is 0 Å². The van der Waals surface area contributed by atoms with Gasteiger partial charge in [0.15, 0.2) is 0 Å². The van der Waals surface area contributed by atoms with Gasteiger partial charge in [-0.15, -0.1) is 0 Å². The Bertz CT molecular complexity index is 1660. The van der Waals surface area contributed by atoms with Crippen LogP contribution in [0.25, 0.3) is 32.7 Å². The van der Waals surface area contributed by atoms with E-state index in [1.807, 2.05) is 0 Å². The first-order chi connectivity index (χ1) is 17.3. The van der Waals surface area contributed by atoms with Gasteiger partial charge in [0.05, 0.1) is 0 Å². The number of fused-ring (bicyclic) bond motifs is 10. The van der Waals surface area contributed by atoms with Crippen LogP contribution in [0.2, 0.25) is 0 Å². The van der Waals surface area contributed by atoms with Crippen LogP contribution in [0.1, 0.15) is 28.7 Å². The molecule has 4 aliphatic carbocycles. The molecule has 0 atom stereocenters. The number of hydrogen-bond donors (Lipinski definition) is 0. The summed E-state index contributed by atoms with van der Waals surface area (Å²) in [5.41, 5.74) is 14.3. The van der Waals surface area contributed by atoms with Crippen molar-refractivity contribution in [2.75, 3.05) is 0 Å². The van der Waals surface area contributed by atoms with Crippen molar-refractivity contribution in [2.45, 2.75) is 19.3 Å². The molecule has 0 aliphatic heterocycles. The van der Waals surface area contributed by atoms with E-state index in [0.717, 1.165) is 19.3 Å². The van der Waals surface area contributed by atoms with Crippen LogP contribution in [0.15, 0.2) is 132 Å². The zero-order chi connectivity index (χ0) is 22.9. The number of allylic oxidation sites excluding steroid dienone is 12. The topological polar surface area (TPSA) is 0 Å². The minimum Gasteiger partial charge on any atom is -0.0719 e. The van der Waals surface area contributed by atoms with E-state index in [1.54, 1.807) is 0 Å². The number of rotatable bonds is 2. The third kappa shape index (κ3) is 2.74. The van der Waals surface area contributed by atoms with E-state index in [4.69, 9.17) is 0 Å². The van der Waals surface area contributed by atoms with Gasteiger partial charge >= 0.3 is 0 Å². The van der Waals surface area contributed by atoms with Crippen molar-refractivity contribution in [3.05, 3.63) is 154 Å². The molecule has 4 aromatic carbocycles. The second-order valence-electron chi connectivity index (χ2n) is 10.0. The molecule has 0 nitrogen and oxygen atoms in total. The molecule has 0 radical (unpaired) electrons. The molecule has 4 aromatic rings. The van der Waals surface area contributed by atoms with Crippen molar-refractivity contribution >= 4 is 32.7 Å². The smallest absolute Gasteiger partial charge is 0.00137 e. The third-order valence-corrected chi connectivity index (χ3v) is 8.18. The summed E-state index contributed by atoms with van der Waals surface area (Å²) in [4.78, 5) is 0. The highest BCUT2D eigenvalue weighted by Gasteiger charge is 2.28. The van der Waals surface area contributed by atoms with E-state index in [-0.39, 0.29) is 0 Å². The Morgan fingerprint density at radius 2 is 0.943 bits per heavy atom. The van der Waals surface area contributed by atoms with Gasteiger partial charge in [0, 0.05) is 0 Å². The van der Waals surface area contributed by atoms with Gasteiger partial charge in [-0.2, -0.15) is 0 Å². The quantitative estimate of drug-likeness (QED) is 0.290. The highest BCUT2D eigenvalue weighted by atomic mass is 14.3. The zero-order valence-corrected chi connectivity index (χ0v) is 19.5. The molecule has 35 heavy (non-hydrogen) atoms. The Morgan fingerprint density at radius 3 is 1.46 bits per heavy atom. The lowest BCUT2D eigenvalue weighted by atomic mass is 9.80. The molecule has 0 spiro atoms. The Labute approximate surface area is 205 Å². The second kappa shape index (κ2) is 7.17. The first-order valence-corrected chi connectivity index (χ1v) is 12.6. The molecule has 0 heterocycles. The van der Waals surface area contributed by atoms with Crippen LogP contribution in [-0.4, -0.2) is 0 Å². The Morgan fingerprint density at radius 1 is 0.457 bits per heavy atom. The molecule has 4 aliphatic rings. The molecule has 0 saturated carbocycles. The van der Waals surface area contributed by atoms with E-state index in [0.29, 0.717) is 0 Å². The average Bonchev–Trinajstić information content (AvgIpc) is 3.52. The van der Waals surface area contributed by atoms with Gasteiger partial charge in [-0.1, -0.05) is 109 Å². The lowest BCUT2D eigenvalue weighted by Gasteiger charge is -2.24. The summed E-state index contributed by atoms with van der Waals surface area (Å²) in [6.45, 7) is 0. The summed E-state index contributed by atoms with van der Waals surface area (Å²) in [5.74, 6) is 0. The molecule has 8 rings (SSSR count). The minimum absolute atomic E-state index is 0.984. The van der Waals surface area contributed by atoms with Crippen molar-refractivity contribution in [3.63, 3.8) is 0 Å². The molecule has 0 N–H and O–H groups in total. The van der Waals surface area contributed by atoms with Crippen LogP contribution in [0.4, 0.5) is 0 Å². The van der Waals surface area contributed by atoms with Gasteiger partial charge in [0.2, 0.25) is 0 Å². The monoisotopic (exact) mass is 444 g/mol. The summed E-state index contributed by atoms with van der Waals surface area (Å²) >= 11 is 0. The summed E-state index contributed by atoms with van der Waals surface area (Å²) in [7, 11) is 0. The minimum atomic E-state index is 0.984. The SMILES string of the molecule is C1=C(CC2=CC=C3C2=CCc2ccc4ccccc4c23)C2=CCc3ccc4ccccc4c3C2=C1. The van der Waals surface area contributed by atoms with E-state index >= 15 is 0 Å².